The molecule has 15 heavy (non-hydrogen) atoms. The van der Waals surface area contributed by atoms with Gasteiger partial charge in [-0.1, -0.05) is 30.3 Å². The molecular formula is C11H12NO3-. The number of carbonyl (C=O) groups excluding carboxylic acids is 1. The number of amides is 1. The summed E-state index contributed by atoms with van der Waals surface area (Å²) in [6.07, 6.45) is -0.603. The van der Waals surface area contributed by atoms with Gasteiger partial charge in [-0.25, -0.2) is 0 Å². The Bertz CT molecular complexity index is 335. The first-order valence-corrected chi connectivity index (χ1v) is 4.89. The van der Waals surface area contributed by atoms with Crippen LogP contribution in [0.15, 0.2) is 30.3 Å². The fourth-order valence-corrected chi connectivity index (χ4v) is 1.58. The maximum absolute atomic E-state index is 10.5. The van der Waals surface area contributed by atoms with Crippen LogP contribution in [0.25, 0.3) is 0 Å². The van der Waals surface area contributed by atoms with Crippen molar-refractivity contribution in [3.05, 3.63) is 35.9 Å². The van der Waals surface area contributed by atoms with Gasteiger partial charge in [0.2, 0.25) is 0 Å². The first-order chi connectivity index (χ1) is 7.25. The Kier molecular flexibility index (Phi) is 2.87. The lowest BCUT2D eigenvalue weighted by Gasteiger charge is -2.18. The fourth-order valence-electron chi connectivity index (χ4n) is 1.58. The van der Waals surface area contributed by atoms with Gasteiger partial charge in [-0.05, 0) is 12.0 Å². The highest BCUT2D eigenvalue weighted by molar-refractivity contribution is 5.62. The molecule has 4 heteroatoms. The predicted octanol–water partition coefficient (Wildman–Crippen LogP) is -0.0706. The molecule has 1 saturated heterocycles. The Balaban J connectivity index is 1.97. The predicted molar refractivity (Wildman–Crippen MR) is 52.2 cm³/mol. The number of hydrogen-bond donors (Lipinski definition) is 1. The van der Waals surface area contributed by atoms with Crippen molar-refractivity contribution in [2.24, 2.45) is 0 Å². The summed E-state index contributed by atoms with van der Waals surface area (Å²) in [4.78, 5) is 10.5. The van der Waals surface area contributed by atoms with Gasteiger partial charge in [-0.2, -0.15) is 0 Å². The molecule has 1 N–H and O–H groups in total. The van der Waals surface area contributed by atoms with E-state index in [0.717, 1.165) is 5.56 Å². The summed E-state index contributed by atoms with van der Waals surface area (Å²) < 4.78 is 5.09. The normalized spacial score (nSPS) is 20.7. The van der Waals surface area contributed by atoms with E-state index in [1.807, 2.05) is 30.3 Å². The minimum absolute atomic E-state index is 0.00288. The van der Waals surface area contributed by atoms with Crippen LogP contribution in [-0.4, -0.2) is 24.8 Å². The Hall–Kier alpha value is -1.55. The highest BCUT2D eigenvalue weighted by Crippen LogP contribution is 2.17. The van der Waals surface area contributed by atoms with E-state index in [9.17, 15) is 9.90 Å². The second-order valence-electron chi connectivity index (χ2n) is 3.60. The second-order valence-corrected chi connectivity index (χ2v) is 3.60. The lowest BCUT2D eigenvalue weighted by Crippen LogP contribution is -2.46. The molecule has 1 fully saturated rings. The van der Waals surface area contributed by atoms with Crippen molar-refractivity contribution >= 4 is 6.09 Å². The summed E-state index contributed by atoms with van der Waals surface area (Å²) in [6.45, 7) is 0.623. The molecule has 0 spiro atoms. The molecule has 0 aliphatic carbocycles. The van der Waals surface area contributed by atoms with Gasteiger partial charge < -0.3 is 20.0 Å². The summed E-state index contributed by atoms with van der Waals surface area (Å²) in [5, 5.41) is 12.8. The number of ether oxygens (including phenoxy) is 1. The monoisotopic (exact) mass is 206 g/mol. The standard InChI is InChI=1S/C11H13NO3/c13-11(14)12-9(10-7-15-10)6-8-4-2-1-3-5-8/h1-5,9-10,12H,6-7H2,(H,13,14)/p-1/t9-,10+/m0/s1. The molecule has 1 aliphatic heterocycles. The van der Waals surface area contributed by atoms with Crippen LogP contribution in [0.1, 0.15) is 5.56 Å². The average molecular weight is 206 g/mol. The van der Waals surface area contributed by atoms with E-state index < -0.39 is 6.09 Å². The molecule has 1 aromatic rings. The summed E-state index contributed by atoms with van der Waals surface area (Å²) in [6, 6.07) is 9.52. The molecule has 0 bridgehead atoms. The second kappa shape index (κ2) is 4.31. The number of benzene rings is 1. The average Bonchev–Trinajstić information content (AvgIpc) is 3.01. The SMILES string of the molecule is O=C([O-])N[C@@H](Cc1ccccc1)[C@H]1CO1. The molecule has 0 radical (unpaired) electrons. The summed E-state index contributed by atoms with van der Waals surface area (Å²) >= 11 is 0. The molecule has 0 aromatic heterocycles. The Morgan fingerprint density at radius 2 is 2.20 bits per heavy atom. The van der Waals surface area contributed by atoms with E-state index in [2.05, 4.69) is 5.32 Å². The third-order valence-electron chi connectivity index (χ3n) is 2.41. The molecule has 80 valence electrons. The number of carbonyl (C=O) groups is 1. The van der Waals surface area contributed by atoms with Crippen LogP contribution in [0, 0.1) is 0 Å². The fraction of sp³-hybridized carbons (Fsp3) is 0.364. The molecule has 4 nitrogen and oxygen atoms in total. The van der Waals surface area contributed by atoms with Crippen molar-refractivity contribution in [3.8, 4) is 0 Å². The van der Waals surface area contributed by atoms with Crippen LogP contribution in [0.3, 0.4) is 0 Å². The first kappa shape index (κ1) is 9.98. The van der Waals surface area contributed by atoms with Crippen molar-refractivity contribution in [1.82, 2.24) is 5.32 Å². The lowest BCUT2D eigenvalue weighted by molar-refractivity contribution is -0.251. The van der Waals surface area contributed by atoms with Crippen LogP contribution in [0.5, 0.6) is 0 Å². The van der Waals surface area contributed by atoms with E-state index >= 15 is 0 Å². The minimum atomic E-state index is -1.24. The zero-order valence-electron chi connectivity index (χ0n) is 8.18. The number of nitrogens with one attached hydrogen (secondary N) is 1. The zero-order valence-corrected chi connectivity index (χ0v) is 8.18. The van der Waals surface area contributed by atoms with E-state index in [4.69, 9.17) is 4.74 Å². The first-order valence-electron chi connectivity index (χ1n) is 4.89. The van der Waals surface area contributed by atoms with Gasteiger partial charge in [0.25, 0.3) is 0 Å². The largest absolute Gasteiger partial charge is 0.530 e. The van der Waals surface area contributed by atoms with Gasteiger partial charge in [0.1, 0.15) is 12.2 Å². The van der Waals surface area contributed by atoms with Crippen molar-refractivity contribution < 1.29 is 14.6 Å². The van der Waals surface area contributed by atoms with Crippen LogP contribution in [0.4, 0.5) is 4.79 Å². The Labute approximate surface area is 87.9 Å². The molecule has 2 atom stereocenters. The van der Waals surface area contributed by atoms with Crippen LogP contribution in [0.2, 0.25) is 0 Å². The molecule has 0 saturated carbocycles. The number of rotatable bonds is 4. The van der Waals surface area contributed by atoms with Crippen LogP contribution in [-0.2, 0) is 11.2 Å². The van der Waals surface area contributed by atoms with Crippen molar-refractivity contribution in [1.29, 1.82) is 0 Å². The molecule has 1 aliphatic rings. The summed E-state index contributed by atoms with van der Waals surface area (Å²) in [7, 11) is 0. The van der Waals surface area contributed by atoms with Gasteiger partial charge >= 0.3 is 0 Å². The quantitative estimate of drug-likeness (QED) is 0.701. The lowest BCUT2D eigenvalue weighted by atomic mass is 10.0. The molecule has 1 amide bonds. The maximum atomic E-state index is 10.5. The molecule has 2 rings (SSSR count). The highest BCUT2D eigenvalue weighted by Gasteiger charge is 2.32. The van der Waals surface area contributed by atoms with Crippen molar-refractivity contribution in [2.75, 3.05) is 6.61 Å². The van der Waals surface area contributed by atoms with Gasteiger partial charge in [-0.3, -0.25) is 0 Å². The molecular weight excluding hydrogens is 194 g/mol. The van der Waals surface area contributed by atoms with Gasteiger partial charge in [-0.15, -0.1) is 0 Å². The van der Waals surface area contributed by atoms with Crippen molar-refractivity contribution in [3.63, 3.8) is 0 Å². The van der Waals surface area contributed by atoms with Gasteiger partial charge in [0, 0.05) is 0 Å². The van der Waals surface area contributed by atoms with Gasteiger partial charge in [0.15, 0.2) is 0 Å². The number of hydrogen-bond acceptors (Lipinski definition) is 3. The Morgan fingerprint density at radius 3 is 2.73 bits per heavy atom. The number of epoxide rings is 1. The smallest absolute Gasteiger partial charge is 0.134 e. The highest BCUT2D eigenvalue weighted by atomic mass is 16.6. The van der Waals surface area contributed by atoms with Crippen LogP contribution < -0.4 is 10.4 Å². The summed E-state index contributed by atoms with van der Waals surface area (Å²) in [5.74, 6) is 0. The minimum Gasteiger partial charge on any atom is -0.530 e. The van der Waals surface area contributed by atoms with E-state index in [-0.39, 0.29) is 12.1 Å². The molecule has 0 unspecified atom stereocenters. The third kappa shape index (κ3) is 2.95. The van der Waals surface area contributed by atoms with Crippen molar-refractivity contribution in [2.45, 2.75) is 18.6 Å². The number of carboxylic acid groups (broad SMARTS) is 1. The third-order valence-corrected chi connectivity index (χ3v) is 2.41. The van der Waals surface area contributed by atoms with E-state index in [1.165, 1.54) is 0 Å². The zero-order chi connectivity index (χ0) is 10.7. The topological polar surface area (TPSA) is 64.7 Å². The van der Waals surface area contributed by atoms with Crippen LogP contribution >= 0.6 is 0 Å². The van der Waals surface area contributed by atoms with E-state index in [1.54, 1.807) is 0 Å². The summed E-state index contributed by atoms with van der Waals surface area (Å²) in [5.41, 5.74) is 1.09. The molecule has 1 heterocycles. The Morgan fingerprint density at radius 1 is 1.53 bits per heavy atom. The maximum Gasteiger partial charge on any atom is 0.134 e. The van der Waals surface area contributed by atoms with Gasteiger partial charge in [0.05, 0.1) is 12.6 Å². The van der Waals surface area contributed by atoms with E-state index in [0.29, 0.717) is 13.0 Å². The molecule has 1 aromatic carbocycles.